The zero-order valence-electron chi connectivity index (χ0n) is 12.8. The van der Waals surface area contributed by atoms with Gasteiger partial charge in [0.05, 0.1) is 12.0 Å². The van der Waals surface area contributed by atoms with Crippen LogP contribution >= 0.6 is 0 Å². The first-order valence-electron chi connectivity index (χ1n) is 6.84. The Labute approximate surface area is 139 Å². The molecule has 0 spiro atoms. The highest BCUT2D eigenvalue weighted by Gasteiger charge is 2.20. The maximum atomic E-state index is 12.3. The molecule has 0 atom stereocenters. The van der Waals surface area contributed by atoms with Crippen LogP contribution in [0.4, 0.5) is 5.69 Å². The van der Waals surface area contributed by atoms with Gasteiger partial charge in [-0.25, -0.2) is 0 Å². The van der Waals surface area contributed by atoms with Gasteiger partial charge in [-0.05, 0) is 36.2 Å². The molecule has 0 aliphatic carbocycles. The summed E-state index contributed by atoms with van der Waals surface area (Å²) in [5.41, 5.74) is 0.683. The summed E-state index contributed by atoms with van der Waals surface area (Å²) in [5, 5.41) is 10.6. The van der Waals surface area contributed by atoms with Crippen LogP contribution in [0.15, 0.2) is 60.0 Å². The van der Waals surface area contributed by atoms with Crippen molar-refractivity contribution in [3.05, 3.63) is 70.8 Å². The largest absolute Gasteiger partial charge is 0.493 e. The number of hydrogen-bond acceptors (Lipinski definition) is 6. The Morgan fingerprint density at radius 1 is 1.17 bits per heavy atom. The van der Waals surface area contributed by atoms with E-state index in [9.17, 15) is 18.5 Å². The second kappa shape index (κ2) is 7.14. The molecule has 0 N–H and O–H groups in total. The molecule has 8 heteroatoms. The number of nitrogens with zero attached hydrogens (tertiary/aromatic N) is 1. The standard InChI is InChI=1S/C16H15NO6S/c1-3-4-12-5-10-15(16(11-12)22-2)23-24(20,21)14-8-6-13(7-9-14)17(18)19/h3,5-11H,1,4H2,2H3. The van der Waals surface area contributed by atoms with E-state index in [4.69, 9.17) is 8.92 Å². The van der Waals surface area contributed by atoms with E-state index in [0.29, 0.717) is 6.42 Å². The summed E-state index contributed by atoms with van der Waals surface area (Å²) in [6, 6.07) is 9.27. The first-order valence-corrected chi connectivity index (χ1v) is 8.25. The van der Waals surface area contributed by atoms with Crippen molar-refractivity contribution in [2.45, 2.75) is 11.3 Å². The molecule has 2 aromatic rings. The molecule has 126 valence electrons. The van der Waals surface area contributed by atoms with Crippen molar-refractivity contribution in [3.8, 4) is 11.5 Å². The number of methoxy groups -OCH3 is 1. The number of ether oxygens (including phenoxy) is 1. The number of nitro groups is 1. The molecule has 0 radical (unpaired) electrons. The van der Waals surface area contributed by atoms with E-state index < -0.39 is 15.0 Å². The van der Waals surface area contributed by atoms with Crippen LogP contribution in [0.1, 0.15) is 5.56 Å². The van der Waals surface area contributed by atoms with E-state index in [0.717, 1.165) is 29.8 Å². The fourth-order valence-electron chi connectivity index (χ4n) is 1.98. The lowest BCUT2D eigenvalue weighted by atomic mass is 10.1. The van der Waals surface area contributed by atoms with Crippen LogP contribution in [0, 0.1) is 10.1 Å². The lowest BCUT2D eigenvalue weighted by molar-refractivity contribution is -0.384. The lowest BCUT2D eigenvalue weighted by Gasteiger charge is -2.11. The van der Waals surface area contributed by atoms with Crippen LogP contribution < -0.4 is 8.92 Å². The summed E-state index contributed by atoms with van der Waals surface area (Å²) in [6.45, 7) is 3.64. The van der Waals surface area contributed by atoms with Gasteiger partial charge in [0.1, 0.15) is 4.90 Å². The molecule has 7 nitrogen and oxygen atoms in total. The predicted molar refractivity (Wildman–Crippen MR) is 87.8 cm³/mol. The molecule has 0 aliphatic rings. The second-order valence-corrected chi connectivity index (χ2v) is 6.31. The molecule has 0 amide bonds. The molecule has 2 aromatic carbocycles. The molecule has 0 bridgehead atoms. The average molecular weight is 349 g/mol. The fourth-order valence-corrected chi connectivity index (χ4v) is 2.92. The maximum Gasteiger partial charge on any atom is 0.339 e. The summed E-state index contributed by atoms with van der Waals surface area (Å²) in [4.78, 5) is 9.82. The van der Waals surface area contributed by atoms with Crippen molar-refractivity contribution in [2.75, 3.05) is 7.11 Å². The van der Waals surface area contributed by atoms with Crippen LogP contribution in [-0.2, 0) is 16.5 Å². The number of hydrogen-bond donors (Lipinski definition) is 0. The van der Waals surface area contributed by atoms with Crippen LogP contribution in [0.25, 0.3) is 0 Å². The monoisotopic (exact) mass is 349 g/mol. The summed E-state index contributed by atoms with van der Waals surface area (Å²) >= 11 is 0. The first-order chi connectivity index (χ1) is 11.4. The van der Waals surface area contributed by atoms with Crippen molar-refractivity contribution in [1.82, 2.24) is 0 Å². The van der Waals surface area contributed by atoms with E-state index in [-0.39, 0.29) is 22.1 Å². The Balaban J connectivity index is 2.31. The molecule has 0 heterocycles. The van der Waals surface area contributed by atoms with E-state index in [1.165, 1.54) is 13.2 Å². The zero-order valence-corrected chi connectivity index (χ0v) is 13.7. The summed E-state index contributed by atoms with van der Waals surface area (Å²) in [6.07, 6.45) is 2.31. The van der Waals surface area contributed by atoms with Gasteiger partial charge in [-0.2, -0.15) is 8.42 Å². The minimum atomic E-state index is -4.14. The van der Waals surface area contributed by atoms with Crippen LogP contribution in [-0.4, -0.2) is 20.5 Å². The van der Waals surface area contributed by atoms with Gasteiger partial charge in [0, 0.05) is 12.1 Å². The number of rotatable bonds is 7. The highest BCUT2D eigenvalue weighted by molar-refractivity contribution is 7.87. The Morgan fingerprint density at radius 2 is 1.83 bits per heavy atom. The average Bonchev–Trinajstić information content (AvgIpc) is 2.56. The summed E-state index contributed by atoms with van der Waals surface area (Å²) in [5.74, 6) is 0.295. The van der Waals surface area contributed by atoms with Gasteiger partial charge in [0.2, 0.25) is 0 Å². The Hall–Kier alpha value is -2.87. The summed E-state index contributed by atoms with van der Waals surface area (Å²) < 4.78 is 34.8. The predicted octanol–water partition coefficient (Wildman–Crippen LogP) is 3.10. The van der Waals surface area contributed by atoms with Crippen molar-refractivity contribution < 1.29 is 22.3 Å². The molecule has 2 rings (SSSR count). The quantitative estimate of drug-likeness (QED) is 0.330. The van der Waals surface area contributed by atoms with Gasteiger partial charge in [0.25, 0.3) is 5.69 Å². The third-order valence-electron chi connectivity index (χ3n) is 3.14. The normalized spacial score (nSPS) is 10.9. The molecule has 24 heavy (non-hydrogen) atoms. The smallest absolute Gasteiger partial charge is 0.339 e. The van der Waals surface area contributed by atoms with Gasteiger partial charge >= 0.3 is 10.1 Å². The van der Waals surface area contributed by atoms with Crippen molar-refractivity contribution >= 4 is 15.8 Å². The van der Waals surface area contributed by atoms with E-state index in [1.54, 1.807) is 18.2 Å². The number of allylic oxidation sites excluding steroid dienone is 1. The highest BCUT2D eigenvalue weighted by atomic mass is 32.2. The van der Waals surface area contributed by atoms with Crippen LogP contribution in [0.2, 0.25) is 0 Å². The van der Waals surface area contributed by atoms with Gasteiger partial charge in [-0.3, -0.25) is 10.1 Å². The Bertz CT molecular complexity index is 859. The molecule has 0 unspecified atom stereocenters. The molecule has 0 saturated heterocycles. The Kier molecular flexibility index (Phi) is 5.20. The fraction of sp³-hybridized carbons (Fsp3) is 0.125. The number of benzene rings is 2. The van der Waals surface area contributed by atoms with Crippen molar-refractivity contribution in [3.63, 3.8) is 0 Å². The molecule has 0 aromatic heterocycles. The van der Waals surface area contributed by atoms with Gasteiger partial charge in [-0.1, -0.05) is 12.1 Å². The third-order valence-corrected chi connectivity index (χ3v) is 4.39. The van der Waals surface area contributed by atoms with Gasteiger partial charge in [0.15, 0.2) is 11.5 Å². The molecule has 0 fully saturated rings. The number of non-ortho nitro benzene ring substituents is 1. The minimum absolute atomic E-state index is 0.0312. The second-order valence-electron chi connectivity index (χ2n) is 4.77. The maximum absolute atomic E-state index is 12.3. The van der Waals surface area contributed by atoms with E-state index >= 15 is 0 Å². The molecule has 0 saturated carbocycles. The number of nitro benzene ring substituents is 1. The molecular weight excluding hydrogens is 334 g/mol. The SMILES string of the molecule is C=CCc1ccc(OS(=O)(=O)c2ccc([N+](=O)[O-])cc2)c(OC)c1. The molecular formula is C16H15NO6S. The van der Waals surface area contributed by atoms with Crippen LogP contribution in [0.3, 0.4) is 0 Å². The third kappa shape index (κ3) is 3.90. The van der Waals surface area contributed by atoms with Gasteiger partial charge < -0.3 is 8.92 Å². The summed E-state index contributed by atoms with van der Waals surface area (Å²) in [7, 11) is -2.74. The van der Waals surface area contributed by atoms with E-state index in [1.807, 2.05) is 0 Å². The minimum Gasteiger partial charge on any atom is -0.493 e. The first kappa shape index (κ1) is 17.5. The topological polar surface area (TPSA) is 95.7 Å². The van der Waals surface area contributed by atoms with Crippen molar-refractivity contribution in [1.29, 1.82) is 0 Å². The molecule has 0 aliphatic heterocycles. The van der Waals surface area contributed by atoms with Crippen molar-refractivity contribution in [2.24, 2.45) is 0 Å². The highest BCUT2D eigenvalue weighted by Crippen LogP contribution is 2.31. The van der Waals surface area contributed by atoms with E-state index in [2.05, 4.69) is 6.58 Å². The lowest BCUT2D eigenvalue weighted by Crippen LogP contribution is -2.10. The Morgan fingerprint density at radius 3 is 2.38 bits per heavy atom. The zero-order chi connectivity index (χ0) is 17.7. The van der Waals surface area contributed by atoms with Gasteiger partial charge in [-0.15, -0.1) is 6.58 Å². The van der Waals surface area contributed by atoms with Crippen LogP contribution in [0.5, 0.6) is 11.5 Å².